The number of ether oxygens (including phenoxy) is 2. The Labute approximate surface area is 114 Å². The summed E-state index contributed by atoms with van der Waals surface area (Å²) in [5.41, 5.74) is 0.0123. The van der Waals surface area contributed by atoms with Crippen LogP contribution in [0.5, 0.6) is 0 Å². The van der Waals surface area contributed by atoms with Gasteiger partial charge in [0.15, 0.2) is 0 Å². The first-order valence-electron chi connectivity index (χ1n) is 6.54. The summed E-state index contributed by atoms with van der Waals surface area (Å²) in [6, 6.07) is 0.587. The molecule has 0 bridgehead atoms. The third-order valence-corrected chi connectivity index (χ3v) is 3.68. The van der Waals surface area contributed by atoms with Crippen LogP contribution in [0.25, 0.3) is 0 Å². The van der Waals surface area contributed by atoms with Crippen molar-refractivity contribution in [2.24, 2.45) is 5.92 Å². The van der Waals surface area contributed by atoms with E-state index in [2.05, 4.69) is 28.5 Å². The highest BCUT2D eigenvalue weighted by molar-refractivity contribution is 6.13. The second kappa shape index (κ2) is 7.28. The number of hydrogen-bond donors (Lipinski definition) is 0. The van der Waals surface area contributed by atoms with E-state index in [-0.39, 0.29) is 11.5 Å². The van der Waals surface area contributed by atoms with Gasteiger partial charge >= 0.3 is 11.9 Å². The SMILES string of the molecule is COC(=O)C(=CC1CCC(N(C)C)CC1)C(=O)OC. The average molecular weight is 269 g/mol. The van der Waals surface area contributed by atoms with E-state index in [0.717, 1.165) is 25.7 Å². The third-order valence-electron chi connectivity index (χ3n) is 3.68. The van der Waals surface area contributed by atoms with Gasteiger partial charge in [0.2, 0.25) is 0 Å². The lowest BCUT2D eigenvalue weighted by atomic mass is 9.84. The Morgan fingerprint density at radius 2 is 1.47 bits per heavy atom. The Morgan fingerprint density at radius 3 is 1.84 bits per heavy atom. The van der Waals surface area contributed by atoms with Gasteiger partial charge in [-0.15, -0.1) is 0 Å². The van der Waals surface area contributed by atoms with Crippen molar-refractivity contribution in [1.82, 2.24) is 4.90 Å². The minimum Gasteiger partial charge on any atom is -0.465 e. The summed E-state index contributed by atoms with van der Waals surface area (Å²) in [6.07, 6.45) is 5.80. The van der Waals surface area contributed by atoms with Crippen LogP contribution in [-0.4, -0.2) is 51.2 Å². The molecule has 0 aromatic rings. The first-order chi connectivity index (χ1) is 8.99. The summed E-state index contributed by atoms with van der Waals surface area (Å²) in [6.45, 7) is 0. The van der Waals surface area contributed by atoms with Gasteiger partial charge in [0.05, 0.1) is 14.2 Å². The molecule has 0 amide bonds. The molecule has 0 N–H and O–H groups in total. The fraction of sp³-hybridized carbons (Fsp3) is 0.714. The smallest absolute Gasteiger partial charge is 0.344 e. The fourth-order valence-electron chi connectivity index (χ4n) is 2.46. The molecule has 1 aliphatic rings. The predicted octanol–water partition coefficient (Wildman–Crippen LogP) is 1.38. The number of esters is 2. The molecule has 108 valence electrons. The van der Waals surface area contributed by atoms with Crippen molar-refractivity contribution in [2.75, 3.05) is 28.3 Å². The van der Waals surface area contributed by atoms with Crippen molar-refractivity contribution in [3.63, 3.8) is 0 Å². The summed E-state index contributed by atoms with van der Waals surface area (Å²) < 4.78 is 9.24. The number of hydrogen-bond acceptors (Lipinski definition) is 5. The normalized spacial score (nSPS) is 22.8. The second-order valence-electron chi connectivity index (χ2n) is 5.10. The maximum absolute atomic E-state index is 11.6. The lowest BCUT2D eigenvalue weighted by Gasteiger charge is -2.31. The molecule has 0 aliphatic heterocycles. The molecule has 5 nitrogen and oxygen atoms in total. The highest BCUT2D eigenvalue weighted by Gasteiger charge is 2.25. The molecule has 1 aliphatic carbocycles. The van der Waals surface area contributed by atoms with Crippen LogP contribution in [0, 0.1) is 5.92 Å². The quantitative estimate of drug-likeness (QED) is 0.334. The maximum Gasteiger partial charge on any atom is 0.344 e. The van der Waals surface area contributed by atoms with Gasteiger partial charge < -0.3 is 14.4 Å². The molecule has 0 aromatic carbocycles. The van der Waals surface area contributed by atoms with Crippen LogP contribution in [-0.2, 0) is 19.1 Å². The number of carbonyl (C=O) groups is 2. The van der Waals surface area contributed by atoms with Crippen molar-refractivity contribution in [2.45, 2.75) is 31.7 Å². The van der Waals surface area contributed by atoms with Crippen molar-refractivity contribution in [1.29, 1.82) is 0 Å². The van der Waals surface area contributed by atoms with E-state index >= 15 is 0 Å². The number of methoxy groups -OCH3 is 2. The van der Waals surface area contributed by atoms with Crippen LogP contribution < -0.4 is 0 Å². The van der Waals surface area contributed by atoms with E-state index in [0.29, 0.717) is 6.04 Å². The minimum absolute atomic E-state index is 0.0123. The lowest BCUT2D eigenvalue weighted by molar-refractivity contribution is -0.144. The standard InChI is InChI=1S/C14H23NO4/c1-15(2)11-7-5-10(6-8-11)9-12(13(16)18-3)14(17)19-4/h9-11H,5-8H2,1-4H3. The predicted molar refractivity (Wildman–Crippen MR) is 71.5 cm³/mol. The molecule has 1 saturated carbocycles. The van der Waals surface area contributed by atoms with E-state index in [9.17, 15) is 9.59 Å². The summed E-state index contributed by atoms with van der Waals surface area (Å²) in [5, 5.41) is 0. The highest BCUT2D eigenvalue weighted by Crippen LogP contribution is 2.28. The Morgan fingerprint density at radius 1 is 1.00 bits per heavy atom. The van der Waals surface area contributed by atoms with Gasteiger partial charge in [0.1, 0.15) is 5.57 Å². The van der Waals surface area contributed by atoms with Gasteiger partial charge in [-0.3, -0.25) is 0 Å². The van der Waals surface area contributed by atoms with Crippen LogP contribution >= 0.6 is 0 Å². The van der Waals surface area contributed by atoms with Crippen LogP contribution in [0.15, 0.2) is 11.6 Å². The first kappa shape index (κ1) is 15.7. The van der Waals surface area contributed by atoms with Gasteiger partial charge in [-0.2, -0.15) is 0 Å². The Kier molecular flexibility index (Phi) is 6.02. The molecule has 0 heterocycles. The number of rotatable bonds is 4. The molecule has 0 aromatic heterocycles. The lowest BCUT2D eigenvalue weighted by Crippen LogP contribution is -2.32. The van der Waals surface area contributed by atoms with Crippen LogP contribution in [0.1, 0.15) is 25.7 Å². The van der Waals surface area contributed by atoms with Crippen molar-refractivity contribution < 1.29 is 19.1 Å². The van der Waals surface area contributed by atoms with E-state index in [1.807, 2.05) is 0 Å². The van der Waals surface area contributed by atoms with Crippen molar-refractivity contribution >= 4 is 11.9 Å². The Hall–Kier alpha value is -1.36. The fourth-order valence-corrected chi connectivity index (χ4v) is 2.46. The molecule has 0 saturated heterocycles. The third kappa shape index (κ3) is 4.35. The molecule has 0 unspecified atom stereocenters. The van der Waals surface area contributed by atoms with E-state index < -0.39 is 11.9 Å². The average Bonchev–Trinajstić information content (AvgIpc) is 2.43. The molecule has 1 rings (SSSR count). The van der Waals surface area contributed by atoms with Crippen molar-refractivity contribution in [3.05, 3.63) is 11.6 Å². The summed E-state index contributed by atoms with van der Waals surface area (Å²) in [4.78, 5) is 25.3. The minimum atomic E-state index is -0.624. The first-order valence-corrected chi connectivity index (χ1v) is 6.54. The molecular weight excluding hydrogens is 246 g/mol. The van der Waals surface area contributed by atoms with Gasteiger partial charge in [-0.25, -0.2) is 9.59 Å². The molecule has 1 fully saturated rings. The molecule has 5 heteroatoms. The number of allylic oxidation sites excluding steroid dienone is 1. The topological polar surface area (TPSA) is 55.8 Å². The van der Waals surface area contributed by atoms with E-state index in [4.69, 9.17) is 0 Å². The molecule has 0 spiro atoms. The van der Waals surface area contributed by atoms with Gasteiger partial charge in [-0.05, 0) is 45.7 Å². The van der Waals surface area contributed by atoms with Gasteiger partial charge in [0, 0.05) is 6.04 Å². The second-order valence-corrected chi connectivity index (χ2v) is 5.10. The summed E-state index contributed by atoms with van der Waals surface area (Å²) in [5.74, 6) is -1.01. The van der Waals surface area contributed by atoms with Gasteiger partial charge in [0.25, 0.3) is 0 Å². The highest BCUT2D eigenvalue weighted by atomic mass is 16.5. The maximum atomic E-state index is 11.6. The summed E-state index contributed by atoms with van der Waals surface area (Å²) in [7, 11) is 6.69. The monoisotopic (exact) mass is 269 g/mol. The molecule has 19 heavy (non-hydrogen) atoms. The van der Waals surface area contributed by atoms with Crippen LogP contribution in [0.4, 0.5) is 0 Å². The largest absolute Gasteiger partial charge is 0.465 e. The van der Waals surface area contributed by atoms with E-state index in [1.54, 1.807) is 6.08 Å². The number of carbonyl (C=O) groups excluding carboxylic acids is 2. The number of nitrogens with zero attached hydrogens (tertiary/aromatic N) is 1. The van der Waals surface area contributed by atoms with Crippen molar-refractivity contribution in [3.8, 4) is 0 Å². The summed E-state index contributed by atoms with van der Waals surface area (Å²) >= 11 is 0. The Bertz CT molecular complexity index is 336. The zero-order valence-electron chi connectivity index (χ0n) is 12.1. The Balaban J connectivity index is 2.71. The molecular formula is C14H23NO4. The zero-order valence-corrected chi connectivity index (χ0v) is 12.1. The van der Waals surface area contributed by atoms with Crippen LogP contribution in [0.2, 0.25) is 0 Å². The molecule has 0 atom stereocenters. The zero-order chi connectivity index (χ0) is 14.4. The molecule has 0 radical (unpaired) electrons. The van der Waals surface area contributed by atoms with Crippen LogP contribution in [0.3, 0.4) is 0 Å². The van der Waals surface area contributed by atoms with Gasteiger partial charge in [-0.1, -0.05) is 6.08 Å². The van der Waals surface area contributed by atoms with E-state index in [1.165, 1.54) is 14.2 Å².